The van der Waals surface area contributed by atoms with Crippen molar-refractivity contribution in [1.29, 1.82) is 0 Å². The van der Waals surface area contributed by atoms with Crippen LogP contribution in [0, 0.1) is 13.8 Å². The Hall–Kier alpha value is -1.98. The largest absolute Gasteiger partial charge is 0.353 e. The second kappa shape index (κ2) is 5.12. The van der Waals surface area contributed by atoms with Crippen LogP contribution in [0.2, 0.25) is 0 Å². The molecule has 0 atom stereocenters. The molecule has 0 unspecified atom stereocenters. The fourth-order valence-corrected chi connectivity index (χ4v) is 1.76. The Balaban J connectivity index is 2.25. The maximum Gasteiger partial charge on any atom is 0.135 e. The number of hydrogen-bond acceptors (Lipinski definition) is 6. The quantitative estimate of drug-likeness (QED) is 0.818. The summed E-state index contributed by atoms with van der Waals surface area (Å²) in [6.07, 6.45) is 2.78. The first-order valence-electron chi connectivity index (χ1n) is 5.93. The molecule has 96 valence electrons. The summed E-state index contributed by atoms with van der Waals surface area (Å²) in [6.45, 7) is 6.48. The van der Waals surface area contributed by atoms with E-state index in [1.807, 2.05) is 32.0 Å². The molecule has 0 radical (unpaired) electrons. The molecule has 2 heterocycles. The van der Waals surface area contributed by atoms with E-state index < -0.39 is 0 Å². The van der Waals surface area contributed by atoms with Crippen molar-refractivity contribution in [3.8, 4) is 0 Å². The average Bonchev–Trinajstić information content (AvgIpc) is 2.75. The summed E-state index contributed by atoms with van der Waals surface area (Å²) in [5.41, 5.74) is 2.76. The lowest BCUT2D eigenvalue weighted by molar-refractivity contribution is 0.301. The number of anilines is 1. The van der Waals surface area contributed by atoms with Crippen molar-refractivity contribution in [2.75, 3.05) is 11.9 Å². The molecule has 0 aliphatic heterocycles. The highest BCUT2D eigenvalue weighted by Gasteiger charge is 2.13. The molecular weight excluding hydrogens is 230 g/mol. The number of hydrogen-bond donors (Lipinski definition) is 0. The molecule has 0 fully saturated rings. The van der Waals surface area contributed by atoms with Crippen LogP contribution in [0.4, 0.5) is 5.82 Å². The molecule has 0 N–H and O–H groups in total. The minimum Gasteiger partial charge on any atom is -0.353 e. The molecule has 0 saturated carbocycles. The van der Waals surface area contributed by atoms with E-state index in [9.17, 15) is 0 Å². The monoisotopic (exact) mass is 247 g/mol. The summed E-state index contributed by atoms with van der Waals surface area (Å²) < 4.78 is 4.70. The van der Waals surface area contributed by atoms with Gasteiger partial charge in [0.15, 0.2) is 0 Å². The minimum atomic E-state index is 0.624. The summed E-state index contributed by atoms with van der Waals surface area (Å²) in [5.74, 6) is 1.71. The van der Waals surface area contributed by atoms with Crippen molar-refractivity contribution in [3.63, 3.8) is 0 Å². The highest BCUT2D eigenvalue weighted by Crippen LogP contribution is 2.18. The van der Waals surface area contributed by atoms with Crippen LogP contribution in [-0.4, -0.2) is 27.3 Å². The molecule has 0 aromatic carbocycles. The van der Waals surface area contributed by atoms with E-state index in [1.165, 1.54) is 0 Å². The number of nitrogens with zero attached hydrogens (tertiary/aromatic N) is 5. The molecule has 0 bridgehead atoms. The van der Waals surface area contributed by atoms with E-state index in [-0.39, 0.29) is 0 Å². The Morgan fingerprint density at radius 1 is 1.28 bits per heavy atom. The van der Waals surface area contributed by atoms with Crippen LogP contribution in [0.5, 0.6) is 0 Å². The molecule has 0 aliphatic carbocycles. The van der Waals surface area contributed by atoms with Crippen molar-refractivity contribution >= 4 is 5.82 Å². The number of aryl methyl sites for hydroxylation is 3. The lowest BCUT2D eigenvalue weighted by Gasteiger charge is -2.19. The molecule has 2 rings (SSSR count). The van der Waals surface area contributed by atoms with Crippen LogP contribution >= 0.6 is 0 Å². The summed E-state index contributed by atoms with van der Waals surface area (Å²) in [4.78, 5) is 10.8. The second-order valence-corrected chi connectivity index (χ2v) is 4.27. The molecule has 6 heteroatoms. The maximum atomic E-state index is 4.70. The van der Waals surface area contributed by atoms with Crippen molar-refractivity contribution in [2.24, 2.45) is 0 Å². The van der Waals surface area contributed by atoms with Crippen molar-refractivity contribution in [3.05, 3.63) is 29.0 Å². The molecule has 0 amide bonds. The molecule has 0 saturated heterocycles. The van der Waals surface area contributed by atoms with E-state index >= 15 is 0 Å². The van der Waals surface area contributed by atoms with E-state index in [0.29, 0.717) is 6.54 Å². The van der Waals surface area contributed by atoms with Gasteiger partial charge < -0.3 is 4.90 Å². The Labute approximate surface area is 106 Å². The van der Waals surface area contributed by atoms with Gasteiger partial charge in [-0.3, -0.25) is 0 Å². The zero-order valence-electron chi connectivity index (χ0n) is 11.1. The maximum absolute atomic E-state index is 4.70. The second-order valence-electron chi connectivity index (χ2n) is 4.27. The molecule has 0 spiro atoms. The first kappa shape index (κ1) is 12.5. The third-order valence-electron chi connectivity index (χ3n) is 2.84. The lowest BCUT2D eigenvalue weighted by Crippen LogP contribution is -2.20. The first-order chi connectivity index (χ1) is 8.61. The van der Waals surface area contributed by atoms with E-state index in [1.54, 1.807) is 0 Å². The topological polar surface area (TPSA) is 67.9 Å². The van der Waals surface area contributed by atoms with Gasteiger partial charge in [-0.2, -0.15) is 0 Å². The summed E-state index contributed by atoms with van der Waals surface area (Å²) in [5, 5.41) is 7.67. The molecule has 2 aromatic heterocycles. The number of rotatable bonds is 4. The molecule has 6 nitrogen and oxygen atoms in total. The Morgan fingerprint density at radius 2 is 2.06 bits per heavy atom. The molecule has 18 heavy (non-hydrogen) atoms. The first-order valence-corrected chi connectivity index (χ1v) is 5.93. The SMILES string of the molecule is CCc1cnc(C)nc1N(C)Cc1nonc1C. The molecule has 2 aromatic rings. The number of aromatic nitrogens is 4. The van der Waals surface area contributed by atoms with Crippen molar-refractivity contribution in [2.45, 2.75) is 33.7 Å². The van der Waals surface area contributed by atoms with Crippen LogP contribution in [0.15, 0.2) is 10.8 Å². The van der Waals surface area contributed by atoms with E-state index in [2.05, 4.69) is 27.2 Å². The van der Waals surface area contributed by atoms with E-state index in [0.717, 1.165) is 35.0 Å². The predicted molar refractivity (Wildman–Crippen MR) is 67.3 cm³/mol. The van der Waals surface area contributed by atoms with Gasteiger partial charge in [0.1, 0.15) is 23.0 Å². The average molecular weight is 247 g/mol. The van der Waals surface area contributed by atoms with Gasteiger partial charge in [0.2, 0.25) is 0 Å². The smallest absolute Gasteiger partial charge is 0.135 e. The summed E-state index contributed by atoms with van der Waals surface area (Å²) in [6, 6.07) is 0. The zero-order chi connectivity index (χ0) is 13.1. The normalized spacial score (nSPS) is 10.7. The standard InChI is InChI=1S/C12H17N5O/c1-5-10-6-13-9(3)14-12(10)17(4)7-11-8(2)15-18-16-11/h6H,5,7H2,1-4H3. The van der Waals surface area contributed by atoms with Gasteiger partial charge in [0.25, 0.3) is 0 Å². The van der Waals surface area contributed by atoms with Crippen LogP contribution in [-0.2, 0) is 13.0 Å². The zero-order valence-corrected chi connectivity index (χ0v) is 11.1. The Morgan fingerprint density at radius 3 is 2.67 bits per heavy atom. The van der Waals surface area contributed by atoms with Gasteiger partial charge in [-0.25, -0.2) is 14.6 Å². The minimum absolute atomic E-state index is 0.624. The van der Waals surface area contributed by atoms with Gasteiger partial charge in [0.05, 0.1) is 6.54 Å². The highest BCUT2D eigenvalue weighted by atomic mass is 16.6. The van der Waals surface area contributed by atoms with Crippen LogP contribution in [0.3, 0.4) is 0 Å². The molecular formula is C12H17N5O. The van der Waals surface area contributed by atoms with Crippen LogP contribution < -0.4 is 4.90 Å². The van der Waals surface area contributed by atoms with Crippen LogP contribution in [0.1, 0.15) is 29.7 Å². The van der Waals surface area contributed by atoms with Gasteiger partial charge in [-0.1, -0.05) is 17.2 Å². The fraction of sp³-hybridized carbons (Fsp3) is 0.500. The fourth-order valence-electron chi connectivity index (χ4n) is 1.76. The van der Waals surface area contributed by atoms with Crippen LogP contribution in [0.25, 0.3) is 0 Å². The van der Waals surface area contributed by atoms with E-state index in [4.69, 9.17) is 4.63 Å². The van der Waals surface area contributed by atoms with Crippen molar-refractivity contribution in [1.82, 2.24) is 20.3 Å². The molecule has 0 aliphatic rings. The lowest BCUT2D eigenvalue weighted by atomic mass is 10.2. The Bertz CT molecular complexity index is 537. The predicted octanol–water partition coefficient (Wildman–Crippen LogP) is 1.68. The summed E-state index contributed by atoms with van der Waals surface area (Å²) in [7, 11) is 1.98. The highest BCUT2D eigenvalue weighted by molar-refractivity contribution is 5.45. The Kier molecular flexibility index (Phi) is 3.55. The van der Waals surface area contributed by atoms with Gasteiger partial charge in [-0.15, -0.1) is 0 Å². The van der Waals surface area contributed by atoms with Gasteiger partial charge in [0, 0.05) is 18.8 Å². The third-order valence-corrected chi connectivity index (χ3v) is 2.84. The third kappa shape index (κ3) is 2.47. The summed E-state index contributed by atoms with van der Waals surface area (Å²) >= 11 is 0. The van der Waals surface area contributed by atoms with Crippen molar-refractivity contribution < 1.29 is 4.63 Å². The van der Waals surface area contributed by atoms with Gasteiger partial charge >= 0.3 is 0 Å². The van der Waals surface area contributed by atoms with Gasteiger partial charge in [-0.05, 0) is 20.3 Å².